The molecule has 2 heterocycles. The number of primary amides is 1. The average Bonchev–Trinajstić information content (AvgIpc) is 3.22. The Morgan fingerprint density at radius 2 is 1.94 bits per heavy atom. The van der Waals surface area contributed by atoms with E-state index in [-0.39, 0.29) is 30.0 Å². The standard InChI is InChI=1S/C23H26F2N6O2/c1-2-31-22-17(12-29-31)20(30-16-7-4-13(5-8-16)21(26)32)18(11-27-22)23(33)28-10-14-3-6-15(24)9-19(14)25/h3,6,9,11-13,16H,2,4-5,7-8,10H2,1H3,(H2,26,32)(H,27,30)(H,28,33). The van der Waals surface area contributed by atoms with Gasteiger partial charge in [-0.15, -0.1) is 0 Å². The third-order valence-corrected chi connectivity index (χ3v) is 6.14. The quantitative estimate of drug-likeness (QED) is 0.505. The number of rotatable bonds is 7. The number of carbonyl (C=O) groups is 2. The highest BCUT2D eigenvalue weighted by Gasteiger charge is 2.27. The van der Waals surface area contributed by atoms with Crippen molar-refractivity contribution in [3.05, 3.63) is 53.4 Å². The largest absolute Gasteiger partial charge is 0.381 e. The van der Waals surface area contributed by atoms with E-state index >= 15 is 0 Å². The van der Waals surface area contributed by atoms with Crippen molar-refractivity contribution in [1.29, 1.82) is 0 Å². The lowest BCUT2D eigenvalue weighted by Crippen LogP contribution is -2.33. The third-order valence-electron chi connectivity index (χ3n) is 6.14. The fourth-order valence-electron chi connectivity index (χ4n) is 4.25. The molecule has 2 aromatic heterocycles. The summed E-state index contributed by atoms with van der Waals surface area (Å²) in [4.78, 5) is 29.0. The second-order valence-corrected chi connectivity index (χ2v) is 8.26. The van der Waals surface area contributed by atoms with Gasteiger partial charge in [0.25, 0.3) is 5.91 Å². The summed E-state index contributed by atoms with van der Waals surface area (Å²) in [6.07, 6.45) is 5.98. The first-order valence-corrected chi connectivity index (χ1v) is 11.0. The van der Waals surface area contributed by atoms with Crippen molar-refractivity contribution in [3.63, 3.8) is 0 Å². The highest BCUT2D eigenvalue weighted by Crippen LogP contribution is 2.31. The molecule has 0 spiro atoms. The number of amides is 2. The van der Waals surface area contributed by atoms with Gasteiger partial charge in [-0.05, 0) is 38.7 Å². The summed E-state index contributed by atoms with van der Waals surface area (Å²) in [5, 5.41) is 11.2. The van der Waals surface area contributed by atoms with Crippen molar-refractivity contribution < 1.29 is 18.4 Å². The van der Waals surface area contributed by atoms with Gasteiger partial charge in [-0.1, -0.05) is 6.07 Å². The molecule has 0 bridgehead atoms. The smallest absolute Gasteiger partial charge is 0.255 e. The van der Waals surface area contributed by atoms with Crippen molar-refractivity contribution in [3.8, 4) is 0 Å². The Balaban J connectivity index is 1.59. The van der Waals surface area contributed by atoms with E-state index in [2.05, 4.69) is 20.7 Å². The molecule has 0 unspecified atom stereocenters. The SMILES string of the molecule is CCn1ncc2c(NC3CCC(C(N)=O)CC3)c(C(=O)NCc3ccc(F)cc3F)cnc21. The van der Waals surface area contributed by atoms with Crippen molar-refractivity contribution in [2.24, 2.45) is 11.7 Å². The highest BCUT2D eigenvalue weighted by atomic mass is 19.1. The molecule has 1 aromatic carbocycles. The number of benzene rings is 1. The number of hydrogen-bond acceptors (Lipinski definition) is 5. The molecular formula is C23H26F2N6O2. The first-order chi connectivity index (χ1) is 15.9. The molecule has 0 aliphatic heterocycles. The predicted molar refractivity (Wildman–Crippen MR) is 119 cm³/mol. The lowest BCUT2D eigenvalue weighted by molar-refractivity contribution is -0.122. The van der Waals surface area contributed by atoms with Crippen LogP contribution in [0, 0.1) is 17.6 Å². The molecule has 0 radical (unpaired) electrons. The molecule has 8 nitrogen and oxygen atoms in total. The number of aryl methyl sites for hydroxylation is 1. The summed E-state index contributed by atoms with van der Waals surface area (Å²) in [6, 6.07) is 3.28. The second kappa shape index (κ2) is 9.51. The minimum absolute atomic E-state index is 0.0530. The molecule has 1 aliphatic carbocycles. The van der Waals surface area contributed by atoms with Crippen molar-refractivity contribution in [2.75, 3.05) is 5.32 Å². The molecule has 4 rings (SSSR count). The molecule has 0 saturated heterocycles. The first-order valence-electron chi connectivity index (χ1n) is 11.0. The summed E-state index contributed by atoms with van der Waals surface area (Å²) in [5.41, 5.74) is 7.17. The Morgan fingerprint density at radius 1 is 1.18 bits per heavy atom. The summed E-state index contributed by atoms with van der Waals surface area (Å²) >= 11 is 0. The summed E-state index contributed by atoms with van der Waals surface area (Å²) in [6.45, 7) is 2.47. The Bertz CT molecular complexity index is 1190. The van der Waals surface area contributed by atoms with Gasteiger partial charge in [-0.2, -0.15) is 5.10 Å². The maximum absolute atomic E-state index is 14.0. The van der Waals surface area contributed by atoms with Crippen LogP contribution in [0.4, 0.5) is 14.5 Å². The topological polar surface area (TPSA) is 115 Å². The molecule has 1 saturated carbocycles. The predicted octanol–water partition coefficient (Wildman–Crippen LogP) is 3.12. The molecular weight excluding hydrogens is 430 g/mol. The molecule has 4 N–H and O–H groups in total. The molecule has 1 aliphatic rings. The summed E-state index contributed by atoms with van der Waals surface area (Å²) in [7, 11) is 0. The van der Waals surface area contributed by atoms with E-state index in [1.807, 2.05) is 6.92 Å². The minimum Gasteiger partial charge on any atom is -0.381 e. The number of aromatic nitrogens is 3. The van der Waals surface area contributed by atoms with Crippen LogP contribution in [0.25, 0.3) is 11.0 Å². The van der Waals surface area contributed by atoms with Crippen LogP contribution >= 0.6 is 0 Å². The first kappa shape index (κ1) is 22.6. The molecule has 174 valence electrons. The van der Waals surface area contributed by atoms with Crippen LogP contribution in [0.3, 0.4) is 0 Å². The number of nitrogens with two attached hydrogens (primary N) is 1. The summed E-state index contributed by atoms with van der Waals surface area (Å²) in [5.74, 6) is -2.25. The number of pyridine rings is 1. The number of hydrogen-bond donors (Lipinski definition) is 3. The normalized spacial score (nSPS) is 18.3. The number of nitrogens with zero attached hydrogens (tertiary/aromatic N) is 3. The Hall–Kier alpha value is -3.56. The molecule has 0 atom stereocenters. The molecule has 2 amide bonds. The zero-order valence-corrected chi connectivity index (χ0v) is 18.3. The van der Waals surface area contributed by atoms with Crippen molar-refractivity contribution in [1.82, 2.24) is 20.1 Å². The van der Waals surface area contributed by atoms with Gasteiger partial charge in [0.1, 0.15) is 11.6 Å². The number of anilines is 1. The maximum atomic E-state index is 14.0. The Kier molecular flexibility index (Phi) is 6.52. The zero-order valence-electron chi connectivity index (χ0n) is 18.3. The van der Waals surface area contributed by atoms with Crippen LogP contribution in [0.1, 0.15) is 48.5 Å². The zero-order chi connectivity index (χ0) is 23.5. The number of fused-ring (bicyclic) bond motifs is 1. The molecule has 1 fully saturated rings. The fraction of sp³-hybridized carbons (Fsp3) is 0.391. The third kappa shape index (κ3) is 4.79. The molecule has 33 heavy (non-hydrogen) atoms. The monoisotopic (exact) mass is 456 g/mol. The summed E-state index contributed by atoms with van der Waals surface area (Å²) < 4.78 is 28.9. The minimum atomic E-state index is -0.724. The molecule has 10 heteroatoms. The van der Waals surface area contributed by atoms with Gasteiger partial charge < -0.3 is 16.4 Å². The van der Waals surface area contributed by atoms with E-state index in [4.69, 9.17) is 5.73 Å². The van der Waals surface area contributed by atoms with Crippen LogP contribution in [0.5, 0.6) is 0 Å². The van der Waals surface area contributed by atoms with Crippen molar-refractivity contribution >= 4 is 28.5 Å². The van der Waals surface area contributed by atoms with Crippen LogP contribution in [-0.4, -0.2) is 32.6 Å². The van der Waals surface area contributed by atoms with Gasteiger partial charge in [-0.3, -0.25) is 9.59 Å². The fourth-order valence-corrected chi connectivity index (χ4v) is 4.25. The van der Waals surface area contributed by atoms with E-state index < -0.39 is 17.5 Å². The average molecular weight is 456 g/mol. The maximum Gasteiger partial charge on any atom is 0.255 e. The van der Waals surface area contributed by atoms with Crippen LogP contribution in [-0.2, 0) is 17.9 Å². The van der Waals surface area contributed by atoms with Gasteiger partial charge in [0.05, 0.1) is 22.8 Å². The van der Waals surface area contributed by atoms with E-state index in [9.17, 15) is 18.4 Å². The van der Waals surface area contributed by atoms with Gasteiger partial charge in [0.2, 0.25) is 5.91 Å². The van der Waals surface area contributed by atoms with E-state index in [0.717, 1.165) is 25.0 Å². The lowest BCUT2D eigenvalue weighted by Gasteiger charge is -2.29. The van der Waals surface area contributed by atoms with Gasteiger partial charge >= 0.3 is 0 Å². The lowest BCUT2D eigenvalue weighted by atomic mass is 9.85. The Morgan fingerprint density at radius 3 is 2.61 bits per heavy atom. The van der Waals surface area contributed by atoms with Gasteiger partial charge in [0.15, 0.2) is 5.65 Å². The number of carbonyl (C=O) groups excluding carboxylic acids is 2. The van der Waals surface area contributed by atoms with Crippen LogP contribution in [0.2, 0.25) is 0 Å². The Labute approximate surface area is 189 Å². The van der Waals surface area contributed by atoms with Crippen molar-refractivity contribution in [2.45, 2.75) is 51.7 Å². The number of nitrogens with one attached hydrogen (secondary N) is 2. The van der Waals surface area contributed by atoms with Gasteiger partial charge in [0, 0.05) is 42.9 Å². The van der Waals surface area contributed by atoms with E-state index in [1.54, 1.807) is 10.9 Å². The second-order valence-electron chi connectivity index (χ2n) is 8.26. The number of halogens is 2. The van der Waals surface area contributed by atoms with Crippen LogP contribution in [0.15, 0.2) is 30.6 Å². The highest BCUT2D eigenvalue weighted by molar-refractivity contribution is 6.06. The van der Waals surface area contributed by atoms with Crippen LogP contribution < -0.4 is 16.4 Å². The molecule has 3 aromatic rings. The van der Waals surface area contributed by atoms with Gasteiger partial charge in [-0.25, -0.2) is 18.4 Å². The van der Waals surface area contributed by atoms with E-state index in [1.165, 1.54) is 12.3 Å². The van der Waals surface area contributed by atoms with E-state index in [0.29, 0.717) is 41.7 Å².